The molecule has 25 heavy (non-hydrogen) atoms. The smallest absolute Gasteiger partial charge is 0.269 e. The van der Waals surface area contributed by atoms with Gasteiger partial charge in [-0.1, -0.05) is 12.1 Å². The molecule has 2 aromatic carbocycles. The minimum absolute atomic E-state index is 0.0324. The molecule has 0 aliphatic heterocycles. The predicted molar refractivity (Wildman–Crippen MR) is 99.3 cm³/mol. The number of thiazole rings is 1. The second-order valence-electron chi connectivity index (χ2n) is 5.35. The fraction of sp³-hybridized carbons (Fsp3) is 0.111. The number of aromatic nitrogens is 1. The fourth-order valence-corrected chi connectivity index (χ4v) is 3.33. The lowest BCUT2D eigenvalue weighted by molar-refractivity contribution is -0.384. The van der Waals surface area contributed by atoms with Crippen LogP contribution in [0.2, 0.25) is 0 Å². The first-order valence-corrected chi connectivity index (χ1v) is 8.40. The van der Waals surface area contributed by atoms with Crippen LogP contribution in [-0.2, 0) is 4.79 Å². The second kappa shape index (κ2) is 7.23. The molecule has 0 aliphatic carbocycles. The van der Waals surface area contributed by atoms with Crippen molar-refractivity contribution in [2.24, 2.45) is 0 Å². The number of nitrogens with one attached hydrogen (secondary N) is 1. The summed E-state index contributed by atoms with van der Waals surface area (Å²) < 4.78 is 1.05. The highest BCUT2D eigenvalue weighted by Gasteiger charge is 2.13. The third kappa shape index (κ3) is 3.89. The lowest BCUT2D eigenvalue weighted by atomic mass is 10.1. The number of nitrogens with zero attached hydrogens (tertiary/aromatic N) is 2. The van der Waals surface area contributed by atoms with E-state index in [1.54, 1.807) is 19.2 Å². The van der Waals surface area contributed by atoms with Crippen LogP contribution in [0.5, 0.6) is 0 Å². The van der Waals surface area contributed by atoms with E-state index < -0.39 is 4.92 Å². The van der Waals surface area contributed by atoms with Crippen molar-refractivity contribution in [2.45, 2.75) is 6.42 Å². The Hall–Kier alpha value is -3.06. The second-order valence-corrected chi connectivity index (χ2v) is 6.39. The molecule has 0 unspecified atom stereocenters. The van der Waals surface area contributed by atoms with E-state index in [1.165, 1.54) is 23.5 Å². The molecule has 0 spiro atoms. The van der Waals surface area contributed by atoms with E-state index in [4.69, 9.17) is 0 Å². The van der Waals surface area contributed by atoms with Crippen molar-refractivity contribution in [3.63, 3.8) is 0 Å². The number of hydrogen-bond acceptors (Lipinski definition) is 5. The first-order chi connectivity index (χ1) is 12.1. The monoisotopic (exact) mass is 353 g/mol. The molecule has 7 heteroatoms. The van der Waals surface area contributed by atoms with Crippen molar-refractivity contribution < 1.29 is 9.72 Å². The number of carbonyl (C=O) groups excluding carboxylic acids is 1. The number of para-hydroxylation sites is 1. The van der Waals surface area contributed by atoms with E-state index in [0.29, 0.717) is 0 Å². The number of fused-ring (bicyclic) bond motifs is 1. The molecular weight excluding hydrogens is 338 g/mol. The summed E-state index contributed by atoms with van der Waals surface area (Å²) in [5.74, 6) is -0.118. The third-order valence-electron chi connectivity index (χ3n) is 3.64. The maximum Gasteiger partial charge on any atom is 0.269 e. The van der Waals surface area contributed by atoms with Crippen LogP contribution in [0.25, 0.3) is 21.9 Å². The van der Waals surface area contributed by atoms with E-state index in [1.807, 2.05) is 30.3 Å². The largest absolute Gasteiger partial charge is 0.359 e. The van der Waals surface area contributed by atoms with E-state index in [2.05, 4.69) is 10.3 Å². The van der Waals surface area contributed by atoms with Gasteiger partial charge in [0.2, 0.25) is 5.91 Å². The van der Waals surface area contributed by atoms with Gasteiger partial charge in [0.25, 0.3) is 5.69 Å². The SMILES string of the molecule is CNC(=O)CC(=Cc1ccc([N+](=O)[O-])cc1)c1nc2ccccc2s1. The molecule has 0 aliphatic rings. The molecule has 1 N–H and O–H groups in total. The average Bonchev–Trinajstić information content (AvgIpc) is 3.05. The molecule has 126 valence electrons. The minimum atomic E-state index is -0.438. The Morgan fingerprint density at radius 3 is 2.60 bits per heavy atom. The molecule has 0 radical (unpaired) electrons. The highest BCUT2D eigenvalue weighted by atomic mass is 32.1. The fourth-order valence-electron chi connectivity index (χ4n) is 2.35. The number of amides is 1. The number of non-ortho nitro benzene ring substituents is 1. The minimum Gasteiger partial charge on any atom is -0.359 e. The van der Waals surface area contributed by atoms with Crippen molar-refractivity contribution in [3.8, 4) is 0 Å². The van der Waals surface area contributed by atoms with Gasteiger partial charge in [-0.25, -0.2) is 4.98 Å². The van der Waals surface area contributed by atoms with Gasteiger partial charge in [-0.3, -0.25) is 14.9 Å². The summed E-state index contributed by atoms with van der Waals surface area (Å²) in [6.07, 6.45) is 2.03. The Bertz CT molecular complexity index is 928. The number of hydrogen-bond donors (Lipinski definition) is 1. The molecule has 6 nitrogen and oxygen atoms in total. The van der Waals surface area contributed by atoms with Crippen LogP contribution < -0.4 is 5.32 Å². The van der Waals surface area contributed by atoms with Crippen molar-refractivity contribution >= 4 is 44.8 Å². The molecule has 0 fully saturated rings. The van der Waals surface area contributed by atoms with Gasteiger partial charge in [-0.15, -0.1) is 11.3 Å². The van der Waals surface area contributed by atoms with Crippen LogP contribution in [0.1, 0.15) is 17.0 Å². The van der Waals surface area contributed by atoms with Crippen molar-refractivity contribution in [1.82, 2.24) is 10.3 Å². The Kier molecular flexibility index (Phi) is 4.85. The van der Waals surface area contributed by atoms with Gasteiger partial charge in [0.05, 0.1) is 21.6 Å². The van der Waals surface area contributed by atoms with Crippen LogP contribution in [0.4, 0.5) is 5.69 Å². The van der Waals surface area contributed by atoms with Crippen LogP contribution in [0, 0.1) is 10.1 Å². The summed E-state index contributed by atoms with van der Waals surface area (Å²) in [5, 5.41) is 14.2. The molecule has 0 atom stereocenters. The van der Waals surface area contributed by atoms with Crippen LogP contribution in [0.3, 0.4) is 0 Å². The van der Waals surface area contributed by atoms with Crippen molar-refractivity contribution in [1.29, 1.82) is 0 Å². The third-order valence-corrected chi connectivity index (χ3v) is 4.76. The molecular formula is C18H15N3O3S. The number of rotatable bonds is 5. The van der Waals surface area contributed by atoms with E-state index in [-0.39, 0.29) is 18.0 Å². The van der Waals surface area contributed by atoms with Crippen molar-refractivity contribution in [2.75, 3.05) is 7.05 Å². The quantitative estimate of drug-likeness (QED) is 0.557. The molecule has 0 bridgehead atoms. The number of benzene rings is 2. The molecule has 3 aromatic rings. The summed E-state index contributed by atoms with van der Waals surface area (Å²) in [4.78, 5) is 26.8. The summed E-state index contributed by atoms with van der Waals surface area (Å²) in [6, 6.07) is 14.0. The summed E-state index contributed by atoms with van der Waals surface area (Å²) in [6.45, 7) is 0. The normalized spacial score (nSPS) is 11.5. The zero-order valence-corrected chi connectivity index (χ0v) is 14.2. The number of nitro groups is 1. The lowest BCUT2D eigenvalue weighted by Gasteiger charge is -2.04. The first kappa shape index (κ1) is 16.8. The average molecular weight is 353 g/mol. The summed E-state index contributed by atoms with van der Waals surface area (Å²) >= 11 is 1.52. The predicted octanol–water partition coefficient (Wildman–Crippen LogP) is 3.88. The van der Waals surface area contributed by atoms with E-state index in [0.717, 1.165) is 26.4 Å². The van der Waals surface area contributed by atoms with Gasteiger partial charge in [0, 0.05) is 19.2 Å². The Morgan fingerprint density at radius 1 is 1.24 bits per heavy atom. The van der Waals surface area contributed by atoms with Gasteiger partial charge in [0.15, 0.2) is 0 Å². The lowest BCUT2D eigenvalue weighted by Crippen LogP contribution is -2.17. The van der Waals surface area contributed by atoms with Gasteiger partial charge in [0.1, 0.15) is 5.01 Å². The topological polar surface area (TPSA) is 85.1 Å². The zero-order valence-electron chi connectivity index (χ0n) is 13.4. The van der Waals surface area contributed by atoms with Crippen molar-refractivity contribution in [3.05, 3.63) is 69.2 Å². The molecule has 0 saturated heterocycles. The number of carbonyl (C=O) groups is 1. The van der Waals surface area contributed by atoms with E-state index in [9.17, 15) is 14.9 Å². The summed E-state index contributed by atoms with van der Waals surface area (Å²) in [5.41, 5.74) is 2.47. The van der Waals surface area contributed by atoms with Gasteiger partial charge in [-0.05, 0) is 41.5 Å². The molecule has 0 saturated carbocycles. The maximum atomic E-state index is 11.9. The standard InChI is InChI=1S/C18H15N3O3S/c1-19-17(22)11-13(10-12-6-8-14(9-7-12)21(23)24)18-20-15-4-2-3-5-16(15)25-18/h2-10H,11H2,1H3,(H,19,22). The molecule has 3 rings (SSSR count). The first-order valence-electron chi connectivity index (χ1n) is 7.58. The Morgan fingerprint density at radius 2 is 1.96 bits per heavy atom. The highest BCUT2D eigenvalue weighted by Crippen LogP contribution is 2.30. The van der Waals surface area contributed by atoms with E-state index >= 15 is 0 Å². The van der Waals surface area contributed by atoms with Crippen LogP contribution >= 0.6 is 11.3 Å². The highest BCUT2D eigenvalue weighted by molar-refractivity contribution is 7.19. The Balaban J connectivity index is 2.01. The Labute approximate surface area is 148 Å². The molecule has 1 amide bonds. The number of nitro benzene ring substituents is 1. The van der Waals surface area contributed by atoms with Gasteiger partial charge in [-0.2, -0.15) is 0 Å². The zero-order chi connectivity index (χ0) is 17.8. The molecule has 1 heterocycles. The van der Waals surface area contributed by atoms with Crippen LogP contribution in [-0.4, -0.2) is 22.9 Å². The van der Waals surface area contributed by atoms with Gasteiger partial charge >= 0.3 is 0 Å². The summed E-state index contributed by atoms with van der Waals surface area (Å²) in [7, 11) is 1.59. The van der Waals surface area contributed by atoms with Crippen LogP contribution in [0.15, 0.2) is 48.5 Å². The molecule has 1 aromatic heterocycles. The maximum absolute atomic E-state index is 11.9. The van der Waals surface area contributed by atoms with Gasteiger partial charge < -0.3 is 5.32 Å².